The van der Waals surface area contributed by atoms with Gasteiger partial charge in [0.2, 0.25) is 5.13 Å². The molecule has 2 aliphatic heterocycles. The molecule has 256 valence electrons. The van der Waals surface area contributed by atoms with E-state index in [-0.39, 0.29) is 22.6 Å². The van der Waals surface area contributed by atoms with Crippen LogP contribution in [0, 0.1) is 0 Å². The van der Waals surface area contributed by atoms with Crippen LogP contribution in [0.2, 0.25) is 10.0 Å². The number of Topliss-reactive ketones (excluding diaryl/α,β-unsaturated/α-hetero) is 1. The molecule has 1 aromatic heterocycles. The lowest BCUT2D eigenvalue weighted by Crippen LogP contribution is -2.29. The summed E-state index contributed by atoms with van der Waals surface area (Å²) in [7, 11) is 0. The Bertz CT molecular complexity index is 1920. The number of nitrogens with zero attached hydrogens (tertiary/aromatic N) is 3. The van der Waals surface area contributed by atoms with Gasteiger partial charge in [-0.1, -0.05) is 78.2 Å². The summed E-state index contributed by atoms with van der Waals surface area (Å²) in [4.78, 5) is 29.0. The number of anilines is 1. The van der Waals surface area contributed by atoms with Gasteiger partial charge in [0.15, 0.2) is 15.8 Å². The molecule has 0 bridgehead atoms. The largest absolute Gasteiger partial charge is 0.507 e. The highest BCUT2D eigenvalue weighted by Gasteiger charge is 2.48. The van der Waals surface area contributed by atoms with Gasteiger partial charge in [-0.2, -0.15) is 0 Å². The molecule has 0 radical (unpaired) electrons. The predicted molar refractivity (Wildman–Crippen MR) is 194 cm³/mol. The van der Waals surface area contributed by atoms with Gasteiger partial charge in [-0.3, -0.25) is 14.5 Å². The van der Waals surface area contributed by atoms with Crippen molar-refractivity contribution in [2.75, 3.05) is 18.1 Å². The minimum atomic E-state index is -1.02. The number of aliphatic hydroxyl groups excluding tert-OH is 1. The number of unbranched alkanes of at least 4 members (excludes halogenated alkanes) is 2. The fourth-order valence-electron chi connectivity index (χ4n) is 5.82. The van der Waals surface area contributed by atoms with Gasteiger partial charge in [-0.25, -0.2) is 0 Å². The Morgan fingerprint density at radius 2 is 1.88 bits per heavy atom. The molecule has 1 amide bonds. The molecule has 0 saturated carbocycles. The number of rotatable bonds is 13. The van der Waals surface area contributed by atoms with Crippen LogP contribution in [0.1, 0.15) is 68.3 Å². The van der Waals surface area contributed by atoms with Crippen LogP contribution in [0.25, 0.3) is 5.76 Å². The van der Waals surface area contributed by atoms with Crippen LogP contribution in [0.15, 0.2) is 64.5 Å². The number of halogens is 2. The van der Waals surface area contributed by atoms with Crippen molar-refractivity contribution in [3.8, 4) is 17.2 Å². The molecule has 1 fully saturated rings. The summed E-state index contributed by atoms with van der Waals surface area (Å²) in [6.45, 7) is 6.87. The minimum absolute atomic E-state index is 0.00199. The number of hydrogen-bond donors (Lipinski definition) is 1. The Balaban J connectivity index is 1.40. The maximum atomic E-state index is 13.9. The van der Waals surface area contributed by atoms with E-state index in [2.05, 4.69) is 17.1 Å². The lowest BCUT2D eigenvalue weighted by Gasteiger charge is -2.23. The van der Waals surface area contributed by atoms with Gasteiger partial charge in [0.05, 0.1) is 24.8 Å². The monoisotopic (exact) mass is 739 g/mol. The second-order valence-electron chi connectivity index (χ2n) is 11.7. The molecule has 3 heterocycles. The summed E-state index contributed by atoms with van der Waals surface area (Å²) in [6, 6.07) is 14.9. The second kappa shape index (κ2) is 15.4. The van der Waals surface area contributed by atoms with Crippen molar-refractivity contribution in [2.45, 2.75) is 68.7 Å². The number of thioether (sulfide) groups is 1. The second-order valence-corrected chi connectivity index (χ2v) is 14.7. The zero-order valence-corrected chi connectivity index (χ0v) is 30.3. The molecule has 2 aliphatic rings. The summed E-state index contributed by atoms with van der Waals surface area (Å²) in [5.74, 6) is 0.309. The van der Waals surface area contributed by atoms with E-state index >= 15 is 0 Å². The fraction of sp³-hybridized carbons (Fsp3) is 0.333. The molecular weight excluding hydrogens is 705 g/mol. The van der Waals surface area contributed by atoms with Crippen molar-refractivity contribution in [1.82, 2.24) is 10.2 Å². The van der Waals surface area contributed by atoms with Crippen LogP contribution in [-0.2, 0) is 21.8 Å². The molecule has 13 heteroatoms. The Labute approximate surface area is 303 Å². The molecule has 6 rings (SSSR count). The van der Waals surface area contributed by atoms with Gasteiger partial charge in [-0.15, -0.1) is 10.2 Å². The summed E-state index contributed by atoms with van der Waals surface area (Å²) in [5, 5.41) is 21.7. The third-order valence-corrected chi connectivity index (χ3v) is 10.9. The molecule has 0 spiro atoms. The number of fused-ring (bicyclic) bond motifs is 1. The molecule has 3 aromatic carbocycles. The molecule has 0 aliphatic carbocycles. The summed E-state index contributed by atoms with van der Waals surface area (Å²) in [5.41, 5.74) is 2.67. The van der Waals surface area contributed by atoms with Crippen LogP contribution < -0.4 is 19.1 Å². The van der Waals surface area contributed by atoms with Gasteiger partial charge in [-0.05, 0) is 79.4 Å². The summed E-state index contributed by atoms with van der Waals surface area (Å²) < 4.78 is 18.4. The van der Waals surface area contributed by atoms with Crippen LogP contribution in [0.3, 0.4) is 0 Å². The first-order valence-corrected chi connectivity index (χ1v) is 18.6. The van der Waals surface area contributed by atoms with Crippen molar-refractivity contribution in [2.24, 2.45) is 0 Å². The van der Waals surface area contributed by atoms with Gasteiger partial charge in [0, 0.05) is 27.8 Å². The number of amides is 1. The zero-order chi connectivity index (χ0) is 34.7. The fourth-order valence-corrected chi connectivity index (χ4v) is 8.25. The lowest BCUT2D eigenvalue weighted by molar-refractivity contribution is -0.132. The lowest BCUT2D eigenvalue weighted by atomic mass is 9.94. The van der Waals surface area contributed by atoms with Crippen LogP contribution >= 0.6 is 46.3 Å². The number of ketones is 1. The number of aliphatic hydroxyl groups is 1. The van der Waals surface area contributed by atoms with E-state index in [1.807, 2.05) is 19.9 Å². The predicted octanol–water partition coefficient (Wildman–Crippen LogP) is 9.05. The summed E-state index contributed by atoms with van der Waals surface area (Å²) in [6.07, 6.45) is 3.67. The highest BCUT2D eigenvalue weighted by molar-refractivity contribution is 8.00. The Hall–Kier alpha value is -3.77. The molecule has 9 nitrogen and oxygen atoms in total. The average molecular weight is 741 g/mol. The minimum Gasteiger partial charge on any atom is -0.507 e. The third-order valence-electron chi connectivity index (χ3n) is 8.17. The van der Waals surface area contributed by atoms with Gasteiger partial charge in [0.25, 0.3) is 5.78 Å². The smallest absolute Gasteiger partial charge is 0.301 e. The van der Waals surface area contributed by atoms with Crippen molar-refractivity contribution < 1.29 is 28.9 Å². The van der Waals surface area contributed by atoms with E-state index in [0.717, 1.165) is 36.1 Å². The standard InChI is InChI=1S/C36H35Cl2N3O6S2/c1-4-6-7-14-46-28-13-9-21(17-29(28)45-5-2)31-30(32(42)22-10-12-27-24(16-22)15-20(3)47-27)33(43)34(44)41(31)35-39-40-36(49-35)48-19-23-8-11-25(37)18-26(23)38/h8-13,16-18,20,31,42H,4-7,14-15,19H2,1-3H3/t20-,31+/m1/s1. The Morgan fingerprint density at radius 1 is 1.04 bits per heavy atom. The van der Waals surface area contributed by atoms with Gasteiger partial charge < -0.3 is 19.3 Å². The number of ether oxygens (including phenoxy) is 3. The van der Waals surface area contributed by atoms with E-state index in [0.29, 0.717) is 62.4 Å². The third kappa shape index (κ3) is 7.55. The highest BCUT2D eigenvalue weighted by atomic mass is 35.5. The molecule has 1 N–H and O–H groups in total. The summed E-state index contributed by atoms with van der Waals surface area (Å²) >= 11 is 15.0. The molecule has 4 aromatic rings. The van der Waals surface area contributed by atoms with E-state index < -0.39 is 17.7 Å². The van der Waals surface area contributed by atoms with Crippen molar-refractivity contribution in [3.63, 3.8) is 0 Å². The van der Waals surface area contributed by atoms with E-state index in [4.69, 9.17) is 37.4 Å². The zero-order valence-electron chi connectivity index (χ0n) is 27.2. The molecule has 49 heavy (non-hydrogen) atoms. The first-order valence-electron chi connectivity index (χ1n) is 16.1. The SMILES string of the molecule is CCCCCOc1ccc([C@H]2C(=C(O)c3ccc4c(c3)C[C@@H](C)O4)C(=O)C(=O)N2c2nnc(SCc3ccc(Cl)cc3Cl)s2)cc1OCC. The quantitative estimate of drug-likeness (QED) is 0.0359. The van der Waals surface area contributed by atoms with Crippen molar-refractivity contribution in [1.29, 1.82) is 0 Å². The first-order chi connectivity index (χ1) is 23.7. The number of benzene rings is 3. The number of aromatic nitrogens is 2. The maximum absolute atomic E-state index is 13.9. The first kappa shape index (κ1) is 35.1. The van der Waals surface area contributed by atoms with Crippen LogP contribution in [0.5, 0.6) is 17.2 Å². The van der Waals surface area contributed by atoms with Crippen LogP contribution in [-0.4, -0.2) is 46.3 Å². The van der Waals surface area contributed by atoms with E-state index in [1.165, 1.54) is 28.0 Å². The maximum Gasteiger partial charge on any atom is 0.301 e. The molecular formula is C36H35Cl2N3O6S2. The van der Waals surface area contributed by atoms with Gasteiger partial charge >= 0.3 is 5.91 Å². The number of carbonyl (C=O) groups excluding carboxylic acids is 2. The van der Waals surface area contributed by atoms with Crippen molar-refractivity contribution in [3.05, 3.63) is 92.5 Å². The van der Waals surface area contributed by atoms with Crippen LogP contribution in [0.4, 0.5) is 5.13 Å². The Morgan fingerprint density at radius 3 is 2.65 bits per heavy atom. The topological polar surface area (TPSA) is 111 Å². The normalized spacial score (nSPS) is 18.1. The van der Waals surface area contributed by atoms with Gasteiger partial charge in [0.1, 0.15) is 17.6 Å². The molecule has 2 atom stereocenters. The van der Waals surface area contributed by atoms with E-state index in [9.17, 15) is 14.7 Å². The number of carbonyl (C=O) groups is 2. The Kier molecular flexibility index (Phi) is 11.0. The molecule has 1 saturated heterocycles. The molecule has 0 unspecified atom stereocenters. The van der Waals surface area contributed by atoms with E-state index in [1.54, 1.807) is 48.5 Å². The van der Waals surface area contributed by atoms with Crippen molar-refractivity contribution >= 4 is 68.9 Å². The average Bonchev–Trinajstić information content (AvgIpc) is 3.77. The number of hydrogen-bond acceptors (Lipinski definition) is 10. The highest BCUT2D eigenvalue weighted by Crippen LogP contribution is 2.46.